The van der Waals surface area contributed by atoms with Crippen molar-refractivity contribution in [2.45, 2.75) is 32.4 Å². The summed E-state index contributed by atoms with van der Waals surface area (Å²) >= 11 is 0. The predicted molar refractivity (Wildman–Crippen MR) is 91.7 cm³/mol. The molecule has 2 atom stereocenters. The highest BCUT2D eigenvalue weighted by Crippen LogP contribution is 2.06. The zero-order valence-electron chi connectivity index (χ0n) is 14.4. The number of carboxylic acid groups (broad SMARTS) is 1. The van der Waals surface area contributed by atoms with Crippen molar-refractivity contribution in [3.05, 3.63) is 35.9 Å². The molecular weight excluding hydrogens is 326 g/mol. The molecule has 0 saturated carbocycles. The number of amides is 3. The van der Waals surface area contributed by atoms with Crippen LogP contribution in [0.4, 0.5) is 4.79 Å². The number of hydrogen-bond donors (Lipinski definition) is 4. The van der Waals surface area contributed by atoms with Crippen LogP contribution in [0.3, 0.4) is 0 Å². The van der Waals surface area contributed by atoms with Crippen LogP contribution < -0.4 is 11.1 Å². The van der Waals surface area contributed by atoms with Crippen molar-refractivity contribution < 1.29 is 24.6 Å². The lowest BCUT2D eigenvalue weighted by atomic mass is 10.1. The smallest absolute Gasteiger partial charge is 0.334 e. The van der Waals surface area contributed by atoms with Gasteiger partial charge in [0.1, 0.15) is 6.04 Å². The van der Waals surface area contributed by atoms with Crippen molar-refractivity contribution in [1.29, 1.82) is 0 Å². The summed E-state index contributed by atoms with van der Waals surface area (Å²) in [6.07, 6.45) is -1.48. The van der Waals surface area contributed by atoms with Gasteiger partial charge in [-0.05, 0) is 11.5 Å². The van der Waals surface area contributed by atoms with E-state index >= 15 is 0 Å². The molecule has 1 unspecified atom stereocenters. The molecule has 0 spiro atoms. The SMILES string of the molecule is CC(C)CN(CC(O)C(=O)O)C(=O)N[C@@H](Cc1ccccc1)C(N)=O. The summed E-state index contributed by atoms with van der Waals surface area (Å²) in [6, 6.07) is 7.48. The monoisotopic (exact) mass is 351 g/mol. The highest BCUT2D eigenvalue weighted by Gasteiger charge is 2.26. The summed E-state index contributed by atoms with van der Waals surface area (Å²) in [5, 5.41) is 20.9. The number of rotatable bonds is 9. The second-order valence-electron chi connectivity index (χ2n) is 6.25. The van der Waals surface area contributed by atoms with Gasteiger partial charge in [-0.1, -0.05) is 44.2 Å². The van der Waals surface area contributed by atoms with Crippen LogP contribution >= 0.6 is 0 Å². The third-order valence-electron chi connectivity index (χ3n) is 3.47. The molecule has 8 nitrogen and oxygen atoms in total. The number of carbonyl (C=O) groups excluding carboxylic acids is 2. The maximum atomic E-state index is 12.4. The summed E-state index contributed by atoms with van der Waals surface area (Å²) in [5.74, 6) is -2.06. The van der Waals surface area contributed by atoms with Crippen LogP contribution in [0.5, 0.6) is 0 Å². The Kier molecular flexibility index (Phi) is 7.87. The Morgan fingerprint density at radius 3 is 2.24 bits per heavy atom. The molecule has 25 heavy (non-hydrogen) atoms. The Morgan fingerprint density at radius 2 is 1.76 bits per heavy atom. The quantitative estimate of drug-likeness (QED) is 0.504. The van der Waals surface area contributed by atoms with E-state index in [9.17, 15) is 19.5 Å². The number of nitrogens with one attached hydrogen (secondary N) is 1. The first-order valence-electron chi connectivity index (χ1n) is 8.00. The minimum absolute atomic E-state index is 0.0490. The molecule has 0 saturated heterocycles. The van der Waals surface area contributed by atoms with Crippen molar-refractivity contribution in [2.24, 2.45) is 11.7 Å². The average molecular weight is 351 g/mol. The normalized spacial score (nSPS) is 13.1. The molecule has 8 heteroatoms. The second kappa shape index (κ2) is 9.63. The lowest BCUT2D eigenvalue weighted by Gasteiger charge is -2.28. The van der Waals surface area contributed by atoms with E-state index in [1.165, 1.54) is 4.90 Å². The molecule has 1 rings (SSSR count). The zero-order chi connectivity index (χ0) is 19.0. The number of carbonyl (C=O) groups is 3. The van der Waals surface area contributed by atoms with Gasteiger partial charge in [-0.15, -0.1) is 0 Å². The zero-order valence-corrected chi connectivity index (χ0v) is 14.4. The van der Waals surface area contributed by atoms with Crippen LogP contribution in [0.1, 0.15) is 19.4 Å². The molecular formula is C17H25N3O5. The number of hydrogen-bond acceptors (Lipinski definition) is 4. The van der Waals surface area contributed by atoms with E-state index in [4.69, 9.17) is 10.8 Å². The summed E-state index contributed by atoms with van der Waals surface area (Å²) in [4.78, 5) is 36.1. The fourth-order valence-corrected chi connectivity index (χ4v) is 2.28. The maximum Gasteiger partial charge on any atom is 0.334 e. The van der Waals surface area contributed by atoms with E-state index in [0.29, 0.717) is 0 Å². The molecule has 0 heterocycles. The summed E-state index contributed by atoms with van der Waals surface area (Å²) < 4.78 is 0. The highest BCUT2D eigenvalue weighted by atomic mass is 16.4. The van der Waals surface area contributed by atoms with Crippen LogP contribution in [0.2, 0.25) is 0 Å². The van der Waals surface area contributed by atoms with E-state index in [0.717, 1.165) is 5.56 Å². The second-order valence-corrected chi connectivity index (χ2v) is 6.25. The number of benzene rings is 1. The summed E-state index contributed by atoms with van der Waals surface area (Å²) in [7, 11) is 0. The Morgan fingerprint density at radius 1 is 1.16 bits per heavy atom. The number of aliphatic hydroxyl groups excluding tert-OH is 1. The number of nitrogens with two attached hydrogens (primary N) is 1. The van der Waals surface area contributed by atoms with Gasteiger partial charge in [0, 0.05) is 13.0 Å². The molecule has 0 aliphatic rings. The molecule has 0 aliphatic heterocycles. The van der Waals surface area contributed by atoms with Gasteiger partial charge in [0.25, 0.3) is 0 Å². The Labute approximate surface area is 146 Å². The van der Waals surface area contributed by atoms with Gasteiger partial charge in [0.05, 0.1) is 6.54 Å². The molecule has 5 N–H and O–H groups in total. The minimum Gasteiger partial charge on any atom is -0.479 e. The molecule has 3 amide bonds. The lowest BCUT2D eigenvalue weighted by molar-refractivity contribution is -0.147. The van der Waals surface area contributed by atoms with Crippen molar-refractivity contribution in [2.75, 3.05) is 13.1 Å². The number of nitrogens with zero attached hydrogens (tertiary/aromatic N) is 1. The summed E-state index contributed by atoms with van der Waals surface area (Å²) in [5.41, 5.74) is 6.19. The van der Waals surface area contributed by atoms with Crippen molar-refractivity contribution >= 4 is 17.9 Å². The van der Waals surface area contributed by atoms with Gasteiger partial charge < -0.3 is 26.2 Å². The molecule has 138 valence electrons. The topological polar surface area (TPSA) is 133 Å². The third-order valence-corrected chi connectivity index (χ3v) is 3.47. The van der Waals surface area contributed by atoms with E-state index in [1.807, 2.05) is 44.2 Å². The molecule has 0 aromatic heterocycles. The number of aliphatic hydroxyl groups is 1. The van der Waals surface area contributed by atoms with E-state index < -0.39 is 30.1 Å². The predicted octanol–water partition coefficient (Wildman–Crippen LogP) is 0.196. The van der Waals surface area contributed by atoms with Crippen molar-refractivity contribution in [1.82, 2.24) is 10.2 Å². The lowest BCUT2D eigenvalue weighted by Crippen LogP contribution is -2.53. The molecule has 0 radical (unpaired) electrons. The van der Waals surface area contributed by atoms with E-state index in [2.05, 4.69) is 5.32 Å². The van der Waals surface area contributed by atoms with Gasteiger partial charge in [-0.2, -0.15) is 0 Å². The fourth-order valence-electron chi connectivity index (χ4n) is 2.28. The number of urea groups is 1. The van der Waals surface area contributed by atoms with Gasteiger partial charge >= 0.3 is 12.0 Å². The van der Waals surface area contributed by atoms with Gasteiger partial charge in [0.15, 0.2) is 6.10 Å². The first-order chi connectivity index (χ1) is 11.7. The van der Waals surface area contributed by atoms with Crippen LogP contribution in [0.15, 0.2) is 30.3 Å². The standard InChI is InChI=1S/C17H25N3O5/c1-11(2)9-20(10-14(21)16(23)24)17(25)19-13(15(18)22)8-12-6-4-3-5-7-12/h3-7,11,13-14,21H,8-10H2,1-2H3,(H2,18,22)(H,19,25)(H,23,24)/t13-,14?/m0/s1. The number of aliphatic carboxylic acids is 1. The third kappa shape index (κ3) is 7.21. The Bertz CT molecular complexity index is 591. The molecule has 0 fully saturated rings. The molecule has 1 aromatic carbocycles. The molecule has 0 bridgehead atoms. The molecule has 1 aromatic rings. The average Bonchev–Trinajstić information content (AvgIpc) is 2.53. The van der Waals surface area contributed by atoms with Crippen molar-refractivity contribution in [3.8, 4) is 0 Å². The minimum atomic E-state index is -1.70. The Balaban J connectivity index is 2.82. The fraction of sp³-hybridized carbons (Fsp3) is 0.471. The largest absolute Gasteiger partial charge is 0.479 e. The van der Waals surface area contributed by atoms with Crippen LogP contribution in [-0.4, -0.2) is 58.3 Å². The van der Waals surface area contributed by atoms with Gasteiger partial charge in [-0.3, -0.25) is 4.79 Å². The van der Waals surface area contributed by atoms with Crippen LogP contribution in [0, 0.1) is 5.92 Å². The van der Waals surface area contributed by atoms with E-state index in [-0.39, 0.29) is 25.4 Å². The van der Waals surface area contributed by atoms with E-state index in [1.54, 1.807) is 0 Å². The number of carboxylic acids is 1. The van der Waals surface area contributed by atoms with Crippen molar-refractivity contribution in [3.63, 3.8) is 0 Å². The highest BCUT2D eigenvalue weighted by molar-refractivity contribution is 5.86. The van der Waals surface area contributed by atoms with Gasteiger partial charge in [-0.25, -0.2) is 9.59 Å². The maximum absolute atomic E-state index is 12.4. The Hall–Kier alpha value is -2.61. The summed E-state index contributed by atoms with van der Waals surface area (Å²) in [6.45, 7) is 3.55. The first kappa shape index (κ1) is 20.4. The van der Waals surface area contributed by atoms with Crippen LogP contribution in [-0.2, 0) is 16.0 Å². The number of primary amides is 1. The van der Waals surface area contributed by atoms with Gasteiger partial charge in [0.2, 0.25) is 5.91 Å². The first-order valence-corrected chi connectivity index (χ1v) is 8.00. The van der Waals surface area contributed by atoms with Crippen LogP contribution in [0.25, 0.3) is 0 Å². The molecule has 0 aliphatic carbocycles.